The molecule has 0 N–H and O–H groups in total. The quantitative estimate of drug-likeness (QED) is 0.317. The second-order valence-corrected chi connectivity index (χ2v) is 4.87. The Bertz CT molecular complexity index is 340. The molecule has 0 fully saturated rings. The molecule has 3 nitrogen and oxygen atoms in total. The summed E-state index contributed by atoms with van der Waals surface area (Å²) in [5, 5.41) is 1.02. The van der Waals surface area contributed by atoms with Crippen molar-refractivity contribution < 1.29 is 14.3 Å². The molecule has 0 saturated carbocycles. The van der Waals surface area contributed by atoms with Crippen LogP contribution in [-0.2, 0) is 9.47 Å². The van der Waals surface area contributed by atoms with Crippen LogP contribution < -0.4 is 0 Å². The van der Waals surface area contributed by atoms with Crippen LogP contribution in [0.5, 0.6) is 0 Å². The lowest BCUT2D eigenvalue weighted by Gasteiger charge is -2.12. The van der Waals surface area contributed by atoms with Gasteiger partial charge in [0.2, 0.25) is 0 Å². The summed E-state index contributed by atoms with van der Waals surface area (Å²) >= 11 is 3.39. The predicted octanol–water partition coefficient (Wildman–Crippen LogP) is 3.77. The fourth-order valence-electron chi connectivity index (χ4n) is 1.47. The Morgan fingerprint density at radius 3 is 2.67 bits per heavy atom. The van der Waals surface area contributed by atoms with E-state index in [0.717, 1.165) is 24.6 Å². The number of carbonyl (C=O) groups excluding carboxylic acids is 1. The highest BCUT2D eigenvalue weighted by molar-refractivity contribution is 9.09. The van der Waals surface area contributed by atoms with Crippen molar-refractivity contribution in [1.29, 1.82) is 0 Å². The van der Waals surface area contributed by atoms with E-state index in [1.165, 1.54) is 0 Å². The molecule has 1 aromatic rings. The largest absolute Gasteiger partial charge is 0.435 e. The molecule has 0 heterocycles. The highest BCUT2D eigenvalue weighted by atomic mass is 79.9. The van der Waals surface area contributed by atoms with Crippen LogP contribution in [0.4, 0.5) is 0 Å². The average Bonchev–Trinajstić information content (AvgIpc) is 2.40. The zero-order valence-electron chi connectivity index (χ0n) is 10.6. The standard InChI is InChI=1S/C14H19BrO3/c1-12(7-5-6-10-15)17-11-18-14(16)13-8-3-2-4-9-13/h2-4,8-9,12H,5-7,10-11H2,1H3. The van der Waals surface area contributed by atoms with E-state index in [0.29, 0.717) is 5.56 Å². The van der Waals surface area contributed by atoms with Gasteiger partial charge in [-0.3, -0.25) is 0 Å². The Balaban J connectivity index is 2.16. The molecule has 0 spiro atoms. The van der Waals surface area contributed by atoms with Gasteiger partial charge in [0.25, 0.3) is 0 Å². The van der Waals surface area contributed by atoms with Gasteiger partial charge in [0.1, 0.15) is 0 Å². The lowest BCUT2D eigenvalue weighted by molar-refractivity contribution is -0.0620. The zero-order chi connectivity index (χ0) is 13.2. The predicted molar refractivity (Wildman–Crippen MR) is 74.9 cm³/mol. The maximum absolute atomic E-state index is 11.6. The Hall–Kier alpha value is -0.870. The molecule has 0 aliphatic heterocycles. The summed E-state index contributed by atoms with van der Waals surface area (Å²) in [6.07, 6.45) is 3.35. The van der Waals surface area contributed by atoms with Crippen LogP contribution in [0, 0.1) is 0 Å². The van der Waals surface area contributed by atoms with Gasteiger partial charge in [-0.15, -0.1) is 0 Å². The Morgan fingerprint density at radius 2 is 2.00 bits per heavy atom. The molecule has 0 radical (unpaired) electrons. The van der Waals surface area contributed by atoms with Gasteiger partial charge in [0.05, 0.1) is 11.7 Å². The number of rotatable bonds is 8. The molecular formula is C14H19BrO3. The van der Waals surface area contributed by atoms with Crippen molar-refractivity contribution in [3.8, 4) is 0 Å². The van der Waals surface area contributed by atoms with E-state index >= 15 is 0 Å². The first-order valence-corrected chi connectivity index (χ1v) is 7.26. The van der Waals surface area contributed by atoms with Crippen LogP contribution >= 0.6 is 15.9 Å². The van der Waals surface area contributed by atoms with Crippen molar-refractivity contribution >= 4 is 21.9 Å². The zero-order valence-corrected chi connectivity index (χ0v) is 12.2. The number of ether oxygens (including phenoxy) is 2. The number of benzene rings is 1. The maximum atomic E-state index is 11.6. The molecule has 18 heavy (non-hydrogen) atoms. The number of alkyl halides is 1. The summed E-state index contributed by atoms with van der Waals surface area (Å²) in [6, 6.07) is 8.92. The second-order valence-electron chi connectivity index (χ2n) is 4.08. The molecule has 1 rings (SSSR count). The molecule has 0 amide bonds. The van der Waals surface area contributed by atoms with Crippen LogP contribution in [0.3, 0.4) is 0 Å². The van der Waals surface area contributed by atoms with E-state index in [1.54, 1.807) is 24.3 Å². The molecule has 0 aromatic heterocycles. The van der Waals surface area contributed by atoms with Gasteiger partial charge in [-0.1, -0.05) is 40.5 Å². The Kier molecular flexibility index (Phi) is 7.69. The molecule has 1 unspecified atom stereocenters. The number of hydrogen-bond donors (Lipinski definition) is 0. The fraction of sp³-hybridized carbons (Fsp3) is 0.500. The summed E-state index contributed by atoms with van der Waals surface area (Å²) in [5.74, 6) is -0.344. The summed E-state index contributed by atoms with van der Waals surface area (Å²) < 4.78 is 10.5. The number of hydrogen-bond acceptors (Lipinski definition) is 3. The van der Waals surface area contributed by atoms with Crippen molar-refractivity contribution in [2.45, 2.75) is 32.3 Å². The van der Waals surface area contributed by atoms with E-state index in [-0.39, 0.29) is 18.9 Å². The van der Waals surface area contributed by atoms with E-state index in [9.17, 15) is 4.79 Å². The highest BCUT2D eigenvalue weighted by Crippen LogP contribution is 2.07. The summed E-state index contributed by atoms with van der Waals surface area (Å²) in [5.41, 5.74) is 0.549. The molecular weight excluding hydrogens is 296 g/mol. The van der Waals surface area contributed by atoms with Crippen LogP contribution in [-0.4, -0.2) is 24.2 Å². The third-order valence-corrected chi connectivity index (χ3v) is 3.11. The first kappa shape index (κ1) is 15.2. The summed E-state index contributed by atoms with van der Waals surface area (Å²) in [7, 11) is 0. The minimum atomic E-state index is -0.344. The minimum Gasteiger partial charge on any atom is -0.435 e. The Labute approximate surface area is 117 Å². The number of unbranched alkanes of at least 4 members (excludes halogenated alkanes) is 1. The van der Waals surface area contributed by atoms with E-state index in [1.807, 2.05) is 13.0 Å². The molecule has 1 aromatic carbocycles. The minimum absolute atomic E-state index is 0.0171. The topological polar surface area (TPSA) is 35.5 Å². The van der Waals surface area contributed by atoms with Crippen LogP contribution in [0.15, 0.2) is 30.3 Å². The lowest BCUT2D eigenvalue weighted by Crippen LogP contribution is -2.14. The van der Waals surface area contributed by atoms with Gasteiger partial charge in [0.15, 0.2) is 6.79 Å². The maximum Gasteiger partial charge on any atom is 0.340 e. The first-order chi connectivity index (χ1) is 8.74. The van der Waals surface area contributed by atoms with Gasteiger partial charge >= 0.3 is 5.97 Å². The van der Waals surface area contributed by atoms with Crippen LogP contribution in [0.2, 0.25) is 0 Å². The van der Waals surface area contributed by atoms with Crippen molar-refractivity contribution in [1.82, 2.24) is 0 Å². The lowest BCUT2D eigenvalue weighted by atomic mass is 10.2. The van der Waals surface area contributed by atoms with E-state index in [4.69, 9.17) is 9.47 Å². The van der Waals surface area contributed by atoms with Crippen LogP contribution in [0.1, 0.15) is 36.5 Å². The number of esters is 1. The van der Waals surface area contributed by atoms with Crippen molar-refractivity contribution in [3.05, 3.63) is 35.9 Å². The van der Waals surface area contributed by atoms with Gasteiger partial charge < -0.3 is 9.47 Å². The summed E-state index contributed by atoms with van der Waals surface area (Å²) in [6.45, 7) is 2.01. The highest BCUT2D eigenvalue weighted by Gasteiger charge is 2.07. The average molecular weight is 315 g/mol. The van der Waals surface area contributed by atoms with Gasteiger partial charge in [-0.2, -0.15) is 0 Å². The van der Waals surface area contributed by atoms with E-state index < -0.39 is 0 Å². The fourth-order valence-corrected chi connectivity index (χ4v) is 1.87. The third kappa shape index (κ3) is 6.17. The first-order valence-electron chi connectivity index (χ1n) is 6.13. The van der Waals surface area contributed by atoms with E-state index in [2.05, 4.69) is 15.9 Å². The monoisotopic (exact) mass is 314 g/mol. The molecule has 0 saturated heterocycles. The Morgan fingerprint density at radius 1 is 1.28 bits per heavy atom. The second kappa shape index (κ2) is 9.11. The van der Waals surface area contributed by atoms with Gasteiger partial charge in [0, 0.05) is 5.33 Å². The molecule has 4 heteroatoms. The SMILES string of the molecule is CC(CCCCBr)OCOC(=O)c1ccccc1. The van der Waals surface area contributed by atoms with Crippen LogP contribution in [0.25, 0.3) is 0 Å². The normalized spacial score (nSPS) is 12.1. The van der Waals surface area contributed by atoms with Gasteiger partial charge in [-0.25, -0.2) is 4.79 Å². The summed E-state index contributed by atoms with van der Waals surface area (Å²) in [4.78, 5) is 11.6. The smallest absolute Gasteiger partial charge is 0.340 e. The van der Waals surface area contributed by atoms with Crippen molar-refractivity contribution in [3.63, 3.8) is 0 Å². The van der Waals surface area contributed by atoms with Crippen molar-refractivity contribution in [2.75, 3.05) is 12.1 Å². The van der Waals surface area contributed by atoms with Crippen molar-refractivity contribution in [2.24, 2.45) is 0 Å². The molecule has 0 aliphatic rings. The molecule has 1 atom stereocenters. The third-order valence-electron chi connectivity index (χ3n) is 2.55. The molecule has 0 aliphatic carbocycles. The van der Waals surface area contributed by atoms with Gasteiger partial charge in [-0.05, 0) is 31.9 Å². The number of carbonyl (C=O) groups is 1. The number of halogens is 1. The molecule has 0 bridgehead atoms. The molecule has 100 valence electrons.